The molecule has 0 fully saturated rings. The molecule has 0 aliphatic rings. The number of esters is 1. The number of hydrogen-bond acceptors (Lipinski definition) is 6. The Hall–Kier alpha value is -0.690. The van der Waals surface area contributed by atoms with Crippen LogP contribution in [0.25, 0.3) is 0 Å². The summed E-state index contributed by atoms with van der Waals surface area (Å²) in [6, 6.07) is 0. The maximum atomic E-state index is 11.3. The average molecular weight is 418 g/mol. The molecule has 0 saturated carbocycles. The Morgan fingerprint density at radius 2 is 1.24 bits per heavy atom. The van der Waals surface area contributed by atoms with Crippen LogP contribution in [-0.4, -0.2) is 63.4 Å². The van der Waals surface area contributed by atoms with Crippen LogP contribution < -0.4 is 0 Å². The van der Waals surface area contributed by atoms with Crippen LogP contribution in [0, 0.1) is 0 Å². The zero-order valence-corrected chi connectivity index (χ0v) is 19.8. The topological polar surface area (TPSA) is 57.2 Å². The molecule has 0 amide bonds. The van der Waals surface area contributed by atoms with Gasteiger partial charge in [-0.2, -0.15) is 0 Å². The molecule has 0 saturated heterocycles. The molecule has 0 aromatic heterocycles. The van der Waals surface area contributed by atoms with Crippen molar-refractivity contribution in [2.24, 2.45) is 0 Å². The molecule has 0 aliphatic heterocycles. The molecule has 0 unspecified atom stereocenters. The van der Waals surface area contributed by atoms with Gasteiger partial charge in [0.1, 0.15) is 0 Å². The Bertz CT molecular complexity index is 361. The maximum Gasteiger partial charge on any atom is 0.306 e. The second-order valence-corrected chi connectivity index (χ2v) is 7.37. The van der Waals surface area contributed by atoms with Gasteiger partial charge in [-0.1, -0.05) is 39.0 Å². The fraction of sp³-hybridized carbons (Fsp3) is 0.957. The molecule has 6 heteroatoms. The molecule has 0 rings (SSSR count). The van der Waals surface area contributed by atoms with Crippen LogP contribution in [0.2, 0.25) is 0 Å². The Balaban J connectivity index is 3.87. The van der Waals surface area contributed by atoms with Crippen LogP contribution in [0.3, 0.4) is 0 Å². The smallest absolute Gasteiger partial charge is 0.306 e. The highest BCUT2D eigenvalue weighted by molar-refractivity contribution is 5.69. The number of rotatable bonds is 21. The summed E-state index contributed by atoms with van der Waals surface area (Å²) in [5.74, 6) is -0.973. The summed E-state index contributed by atoms with van der Waals surface area (Å²) >= 11 is 0. The lowest BCUT2D eigenvalue weighted by Crippen LogP contribution is -2.39. The van der Waals surface area contributed by atoms with Gasteiger partial charge in [0.05, 0.1) is 13.5 Å². The first kappa shape index (κ1) is 28.3. The van der Waals surface area contributed by atoms with Crippen LogP contribution in [0.1, 0.15) is 91.9 Å². The number of carbonyl (C=O) groups excluding carboxylic acids is 1. The van der Waals surface area contributed by atoms with Gasteiger partial charge in [0.2, 0.25) is 0 Å². The van der Waals surface area contributed by atoms with E-state index in [2.05, 4.69) is 11.8 Å². The van der Waals surface area contributed by atoms with E-state index < -0.39 is 5.97 Å². The molecule has 0 spiro atoms. The van der Waals surface area contributed by atoms with Crippen LogP contribution in [0.5, 0.6) is 0 Å². The van der Waals surface area contributed by atoms with Crippen LogP contribution >= 0.6 is 0 Å². The van der Waals surface area contributed by atoms with Crippen molar-refractivity contribution < 1.29 is 23.7 Å². The zero-order valence-electron chi connectivity index (χ0n) is 19.8. The summed E-state index contributed by atoms with van der Waals surface area (Å²) in [5.41, 5.74) is 0. The van der Waals surface area contributed by atoms with E-state index in [-0.39, 0.29) is 5.97 Å². The SMILES string of the molecule is CCCN(CCCCCCCCCC(OCC)(OCC)OCC)CCC(=O)OC. The summed E-state index contributed by atoms with van der Waals surface area (Å²) < 4.78 is 22.1. The molecule has 0 radical (unpaired) electrons. The monoisotopic (exact) mass is 417 g/mol. The highest BCUT2D eigenvalue weighted by atomic mass is 16.9. The normalized spacial score (nSPS) is 11.9. The van der Waals surface area contributed by atoms with E-state index in [0.29, 0.717) is 26.2 Å². The highest BCUT2D eigenvalue weighted by Crippen LogP contribution is 2.24. The van der Waals surface area contributed by atoms with Crippen molar-refractivity contribution in [3.05, 3.63) is 0 Å². The summed E-state index contributed by atoms with van der Waals surface area (Å²) in [4.78, 5) is 13.7. The molecule has 0 bridgehead atoms. The van der Waals surface area contributed by atoms with Crippen molar-refractivity contribution in [1.82, 2.24) is 4.90 Å². The number of carbonyl (C=O) groups is 1. The Morgan fingerprint density at radius 1 is 0.724 bits per heavy atom. The third-order valence-corrected chi connectivity index (χ3v) is 4.95. The Morgan fingerprint density at radius 3 is 1.72 bits per heavy atom. The standard InChI is InChI=1S/C23H47NO5/c1-6-19-24(21-17-22(25)26-5)20-16-14-12-10-11-13-15-18-23(27-7-2,28-8-3)29-9-4/h6-21H2,1-5H3. The summed E-state index contributed by atoms with van der Waals surface area (Å²) in [6.07, 6.45) is 10.8. The Labute approximate surface area is 179 Å². The van der Waals surface area contributed by atoms with Gasteiger partial charge in [0, 0.05) is 32.8 Å². The van der Waals surface area contributed by atoms with Gasteiger partial charge in [-0.15, -0.1) is 0 Å². The van der Waals surface area contributed by atoms with Gasteiger partial charge in [-0.3, -0.25) is 4.79 Å². The third-order valence-electron chi connectivity index (χ3n) is 4.95. The van der Waals surface area contributed by atoms with Crippen LogP contribution in [0.4, 0.5) is 0 Å². The van der Waals surface area contributed by atoms with Crippen molar-refractivity contribution in [3.63, 3.8) is 0 Å². The second kappa shape index (κ2) is 19.3. The van der Waals surface area contributed by atoms with Gasteiger partial charge in [0.15, 0.2) is 0 Å². The number of ether oxygens (including phenoxy) is 4. The number of hydrogen-bond donors (Lipinski definition) is 0. The number of methoxy groups -OCH3 is 1. The van der Waals surface area contributed by atoms with Crippen molar-refractivity contribution in [2.45, 2.75) is 97.9 Å². The van der Waals surface area contributed by atoms with Crippen molar-refractivity contribution in [2.75, 3.05) is 46.6 Å². The predicted octanol–water partition coefficient (Wildman–Crippen LogP) is 5.15. The average Bonchev–Trinajstić information content (AvgIpc) is 2.71. The summed E-state index contributed by atoms with van der Waals surface area (Å²) in [7, 11) is 1.46. The minimum absolute atomic E-state index is 0.117. The first-order valence-electron chi connectivity index (χ1n) is 11.8. The first-order valence-corrected chi connectivity index (χ1v) is 11.8. The second-order valence-electron chi connectivity index (χ2n) is 7.37. The third kappa shape index (κ3) is 14.9. The summed E-state index contributed by atoms with van der Waals surface area (Å²) in [5, 5.41) is 0. The van der Waals surface area contributed by atoms with Crippen LogP contribution in [-0.2, 0) is 23.7 Å². The van der Waals surface area contributed by atoms with Crippen LogP contribution in [0.15, 0.2) is 0 Å². The largest absolute Gasteiger partial charge is 0.469 e. The molecule has 0 aliphatic carbocycles. The molecular formula is C23H47NO5. The molecule has 0 heterocycles. The summed E-state index contributed by atoms with van der Waals surface area (Å²) in [6.45, 7) is 12.8. The lowest BCUT2D eigenvalue weighted by molar-refractivity contribution is -0.380. The highest BCUT2D eigenvalue weighted by Gasteiger charge is 2.31. The van der Waals surface area contributed by atoms with Crippen molar-refractivity contribution in [1.29, 1.82) is 0 Å². The van der Waals surface area contributed by atoms with Gasteiger partial charge >= 0.3 is 5.97 Å². The minimum atomic E-state index is -0.856. The van der Waals surface area contributed by atoms with E-state index in [1.165, 1.54) is 45.6 Å². The number of nitrogens with zero attached hydrogens (tertiary/aromatic N) is 1. The van der Waals surface area contributed by atoms with Gasteiger partial charge in [0.25, 0.3) is 5.97 Å². The van der Waals surface area contributed by atoms with E-state index in [0.717, 1.165) is 38.9 Å². The fourth-order valence-corrected chi connectivity index (χ4v) is 3.57. The van der Waals surface area contributed by atoms with Crippen molar-refractivity contribution >= 4 is 5.97 Å². The molecule has 0 aromatic rings. The van der Waals surface area contributed by atoms with E-state index >= 15 is 0 Å². The van der Waals surface area contributed by atoms with Crippen molar-refractivity contribution in [3.8, 4) is 0 Å². The molecule has 6 nitrogen and oxygen atoms in total. The molecule has 29 heavy (non-hydrogen) atoms. The molecular weight excluding hydrogens is 370 g/mol. The van der Waals surface area contributed by atoms with E-state index in [9.17, 15) is 4.79 Å². The lowest BCUT2D eigenvalue weighted by atomic mass is 10.1. The maximum absolute atomic E-state index is 11.3. The minimum Gasteiger partial charge on any atom is -0.469 e. The molecule has 0 atom stereocenters. The number of unbranched alkanes of at least 4 members (excludes halogenated alkanes) is 6. The lowest BCUT2D eigenvalue weighted by Gasteiger charge is -2.32. The van der Waals surface area contributed by atoms with Gasteiger partial charge < -0.3 is 23.8 Å². The van der Waals surface area contributed by atoms with E-state index in [4.69, 9.17) is 18.9 Å². The van der Waals surface area contributed by atoms with Gasteiger partial charge in [-0.05, 0) is 53.1 Å². The molecule has 174 valence electrons. The predicted molar refractivity (Wildman–Crippen MR) is 118 cm³/mol. The van der Waals surface area contributed by atoms with E-state index in [1.54, 1.807) is 0 Å². The molecule has 0 aromatic carbocycles. The Kier molecular flexibility index (Phi) is 18.8. The molecule has 0 N–H and O–H groups in total. The first-order chi connectivity index (χ1) is 14.1. The van der Waals surface area contributed by atoms with Gasteiger partial charge in [-0.25, -0.2) is 0 Å². The zero-order chi connectivity index (χ0) is 21.8. The fourth-order valence-electron chi connectivity index (χ4n) is 3.57. The quantitative estimate of drug-likeness (QED) is 0.146. The van der Waals surface area contributed by atoms with E-state index in [1.807, 2.05) is 20.8 Å².